The molecule has 37 heavy (non-hydrogen) atoms. The Bertz CT molecular complexity index is 1590. The lowest BCUT2D eigenvalue weighted by Gasteiger charge is -2.23. The van der Waals surface area contributed by atoms with Gasteiger partial charge in [0, 0.05) is 5.56 Å². The van der Waals surface area contributed by atoms with Crippen molar-refractivity contribution in [3.63, 3.8) is 0 Å². The number of carbonyl (C=O) groups excluding carboxylic acids is 2. The molecule has 3 heterocycles. The van der Waals surface area contributed by atoms with E-state index in [1.54, 1.807) is 37.4 Å². The number of aryl methyl sites for hydroxylation is 1. The Labute approximate surface area is 216 Å². The molecule has 1 fully saturated rings. The summed E-state index contributed by atoms with van der Waals surface area (Å²) in [5.74, 6) is -0.130. The maximum Gasteiger partial charge on any atom is 0.301 e. The third-order valence-electron chi connectivity index (χ3n) is 6.44. The highest BCUT2D eigenvalue weighted by atomic mass is 32.1. The van der Waals surface area contributed by atoms with Gasteiger partial charge in [-0.15, -0.1) is 0 Å². The van der Waals surface area contributed by atoms with Crippen LogP contribution in [0.4, 0.5) is 5.13 Å². The number of methoxy groups -OCH3 is 1. The Balaban J connectivity index is 1.52. The summed E-state index contributed by atoms with van der Waals surface area (Å²) in [6.45, 7) is 2.77. The van der Waals surface area contributed by atoms with Crippen LogP contribution in [0, 0.1) is 6.92 Å². The van der Waals surface area contributed by atoms with Gasteiger partial charge in [-0.2, -0.15) is 0 Å². The number of ketones is 1. The van der Waals surface area contributed by atoms with Crippen LogP contribution in [0.15, 0.2) is 66.2 Å². The van der Waals surface area contributed by atoms with E-state index in [0.29, 0.717) is 52.2 Å². The predicted octanol–water partition coefficient (Wildman–Crippen LogP) is 5.01. The summed E-state index contributed by atoms with van der Waals surface area (Å²) in [5, 5.41) is 11.8. The van der Waals surface area contributed by atoms with Crippen molar-refractivity contribution in [1.82, 2.24) is 4.98 Å². The molecule has 0 radical (unpaired) electrons. The molecule has 1 amide bonds. The number of aliphatic hydroxyl groups excluding tert-OH is 1. The first-order valence-corrected chi connectivity index (χ1v) is 12.5. The van der Waals surface area contributed by atoms with Gasteiger partial charge in [-0.1, -0.05) is 41.2 Å². The van der Waals surface area contributed by atoms with E-state index in [-0.39, 0.29) is 11.3 Å². The Morgan fingerprint density at radius 3 is 2.54 bits per heavy atom. The van der Waals surface area contributed by atoms with E-state index in [1.807, 2.05) is 37.3 Å². The van der Waals surface area contributed by atoms with Crippen LogP contribution < -0.4 is 19.1 Å². The minimum absolute atomic E-state index is 0.0117. The first kappa shape index (κ1) is 23.1. The van der Waals surface area contributed by atoms with Crippen LogP contribution in [0.5, 0.6) is 17.2 Å². The number of Topliss-reactive ketones (excluding diaryl/α,β-unsaturated/α-hetero) is 1. The molecule has 2 aliphatic rings. The van der Waals surface area contributed by atoms with Crippen LogP contribution in [0.25, 0.3) is 16.0 Å². The van der Waals surface area contributed by atoms with E-state index in [0.717, 1.165) is 10.3 Å². The summed E-state index contributed by atoms with van der Waals surface area (Å²) in [6, 6.07) is 17.0. The topological polar surface area (TPSA) is 98.2 Å². The lowest BCUT2D eigenvalue weighted by molar-refractivity contribution is -0.132. The molecule has 2 aliphatic heterocycles. The SMILES string of the molecule is COc1ccc2nc(N3C(=O)C(=O)C(=C(O)c4ccc5c(c4)OCCO5)C3c3ccc(C)cc3)sc2c1. The standard InChI is InChI=1S/C28H22N2O6S/c1-15-3-5-16(6-4-15)24-23(25(31)17-7-10-20-21(13-17)36-12-11-35-20)26(32)27(33)30(24)28-29-19-9-8-18(34-2)14-22(19)37-28/h3-10,13-14,24,31H,11-12H2,1-2H3. The Kier molecular flexibility index (Phi) is 5.57. The minimum atomic E-state index is -0.865. The molecule has 186 valence electrons. The van der Waals surface area contributed by atoms with E-state index in [4.69, 9.17) is 14.2 Å². The molecule has 0 bridgehead atoms. The van der Waals surface area contributed by atoms with Crippen LogP contribution in [-0.4, -0.2) is 42.1 Å². The molecule has 1 unspecified atom stereocenters. The van der Waals surface area contributed by atoms with E-state index in [2.05, 4.69) is 4.98 Å². The number of aromatic nitrogens is 1. The number of amides is 1. The molecule has 8 nitrogen and oxygen atoms in total. The fourth-order valence-corrected chi connectivity index (χ4v) is 5.58. The van der Waals surface area contributed by atoms with Gasteiger partial charge in [0.25, 0.3) is 5.78 Å². The molecule has 1 atom stereocenters. The number of hydrogen-bond donors (Lipinski definition) is 1. The molecule has 0 aliphatic carbocycles. The maximum absolute atomic E-state index is 13.5. The first-order valence-electron chi connectivity index (χ1n) is 11.7. The van der Waals surface area contributed by atoms with Crippen molar-refractivity contribution in [3.8, 4) is 17.2 Å². The molecule has 1 N–H and O–H groups in total. The first-order chi connectivity index (χ1) is 17.9. The van der Waals surface area contributed by atoms with E-state index in [9.17, 15) is 14.7 Å². The summed E-state index contributed by atoms with van der Waals surface area (Å²) in [5.41, 5.74) is 2.73. The van der Waals surface area contributed by atoms with Crippen molar-refractivity contribution in [3.05, 3.63) is 82.9 Å². The number of rotatable bonds is 4. The van der Waals surface area contributed by atoms with E-state index in [1.165, 1.54) is 16.2 Å². The van der Waals surface area contributed by atoms with Crippen molar-refractivity contribution >= 4 is 44.1 Å². The number of hydrogen-bond acceptors (Lipinski definition) is 8. The normalized spacial score (nSPS) is 18.4. The summed E-state index contributed by atoms with van der Waals surface area (Å²) < 4.78 is 17.4. The number of fused-ring (bicyclic) bond motifs is 2. The maximum atomic E-state index is 13.5. The van der Waals surface area contributed by atoms with Gasteiger partial charge in [0.1, 0.15) is 24.7 Å². The van der Waals surface area contributed by atoms with Gasteiger partial charge in [-0.3, -0.25) is 14.5 Å². The minimum Gasteiger partial charge on any atom is -0.507 e. The van der Waals surface area contributed by atoms with Gasteiger partial charge in [0.05, 0.1) is 28.9 Å². The highest BCUT2D eigenvalue weighted by molar-refractivity contribution is 7.22. The van der Waals surface area contributed by atoms with Gasteiger partial charge >= 0.3 is 5.91 Å². The van der Waals surface area contributed by atoms with E-state index >= 15 is 0 Å². The number of benzene rings is 3. The molecule has 0 spiro atoms. The van der Waals surface area contributed by atoms with Crippen molar-refractivity contribution < 1.29 is 28.9 Å². The molecule has 3 aromatic carbocycles. The van der Waals surface area contributed by atoms with E-state index < -0.39 is 17.7 Å². The largest absolute Gasteiger partial charge is 0.507 e. The fraction of sp³-hybridized carbons (Fsp3) is 0.179. The number of thiazole rings is 1. The summed E-state index contributed by atoms with van der Waals surface area (Å²) >= 11 is 1.28. The molecular weight excluding hydrogens is 492 g/mol. The second kappa shape index (κ2) is 8.94. The Hall–Kier alpha value is -4.37. The number of nitrogens with zero attached hydrogens (tertiary/aromatic N) is 2. The molecule has 9 heteroatoms. The Morgan fingerprint density at radius 2 is 1.78 bits per heavy atom. The zero-order valence-corrected chi connectivity index (χ0v) is 20.9. The zero-order chi connectivity index (χ0) is 25.7. The average Bonchev–Trinajstić information content (AvgIpc) is 3.46. The molecule has 0 saturated carbocycles. The van der Waals surface area contributed by atoms with Gasteiger partial charge < -0.3 is 19.3 Å². The molecule has 6 rings (SSSR count). The molecule has 1 saturated heterocycles. The highest BCUT2D eigenvalue weighted by Crippen LogP contribution is 2.45. The van der Waals surface area contributed by atoms with Crippen molar-refractivity contribution in [2.45, 2.75) is 13.0 Å². The predicted molar refractivity (Wildman–Crippen MR) is 140 cm³/mol. The zero-order valence-electron chi connectivity index (χ0n) is 20.1. The van der Waals surface area contributed by atoms with Crippen molar-refractivity contribution in [2.24, 2.45) is 0 Å². The summed E-state index contributed by atoms with van der Waals surface area (Å²) in [7, 11) is 1.58. The van der Waals surface area contributed by atoms with Crippen LogP contribution in [-0.2, 0) is 9.59 Å². The number of ether oxygens (including phenoxy) is 3. The summed E-state index contributed by atoms with van der Waals surface area (Å²) in [6.07, 6.45) is 0. The third-order valence-corrected chi connectivity index (χ3v) is 7.46. The Morgan fingerprint density at radius 1 is 1.03 bits per heavy atom. The molecule has 4 aromatic rings. The van der Waals surface area contributed by atoms with Crippen LogP contribution >= 0.6 is 11.3 Å². The van der Waals surface area contributed by atoms with Gasteiger partial charge in [-0.25, -0.2) is 4.98 Å². The number of aliphatic hydroxyl groups is 1. The number of anilines is 1. The average molecular weight is 515 g/mol. The second-order valence-electron chi connectivity index (χ2n) is 8.77. The van der Waals surface area contributed by atoms with Crippen LogP contribution in [0.1, 0.15) is 22.7 Å². The second-order valence-corrected chi connectivity index (χ2v) is 9.78. The quantitative estimate of drug-likeness (QED) is 0.232. The van der Waals surface area contributed by atoms with Gasteiger partial charge in [0.15, 0.2) is 16.6 Å². The van der Waals surface area contributed by atoms with Gasteiger partial charge in [-0.05, 0) is 48.9 Å². The van der Waals surface area contributed by atoms with Gasteiger partial charge in [0.2, 0.25) is 0 Å². The fourth-order valence-electron chi connectivity index (χ4n) is 4.56. The van der Waals surface area contributed by atoms with Crippen molar-refractivity contribution in [2.75, 3.05) is 25.2 Å². The van der Waals surface area contributed by atoms with Crippen LogP contribution in [0.3, 0.4) is 0 Å². The molecule has 1 aromatic heterocycles. The van der Waals surface area contributed by atoms with Crippen LogP contribution in [0.2, 0.25) is 0 Å². The lowest BCUT2D eigenvalue weighted by atomic mass is 9.94. The lowest BCUT2D eigenvalue weighted by Crippen LogP contribution is -2.29. The highest BCUT2D eigenvalue weighted by Gasteiger charge is 2.48. The smallest absolute Gasteiger partial charge is 0.301 e. The summed E-state index contributed by atoms with van der Waals surface area (Å²) in [4.78, 5) is 32.9. The third kappa shape index (κ3) is 3.88. The number of carbonyl (C=O) groups is 2. The molecular formula is C28H22N2O6S. The monoisotopic (exact) mass is 514 g/mol. The van der Waals surface area contributed by atoms with Crippen molar-refractivity contribution in [1.29, 1.82) is 0 Å².